The van der Waals surface area contributed by atoms with E-state index in [0.717, 1.165) is 18.2 Å². The summed E-state index contributed by atoms with van der Waals surface area (Å²) in [6.45, 7) is 0.924. The minimum atomic E-state index is -1.16. The average molecular weight is 356 g/mol. The van der Waals surface area contributed by atoms with Gasteiger partial charge in [-0.15, -0.1) is 0 Å². The fourth-order valence-corrected chi connectivity index (χ4v) is 1.69. The standard InChI is InChI=1S/C17H24O8/c1-2-17(10-18,11-19)12-25-16(24)9-7-13(6-8-15(22)23)4-3-5-14(20)21/h3,5-9,13,18-19H,2,4,10-12H2,1H3,(H,20,21)(H,22,23). The monoisotopic (exact) mass is 356 g/mol. The Labute approximate surface area is 145 Å². The van der Waals surface area contributed by atoms with Crippen LogP contribution in [0.25, 0.3) is 0 Å². The smallest absolute Gasteiger partial charge is 0.330 e. The molecule has 0 amide bonds. The first-order chi connectivity index (χ1) is 11.8. The minimum absolute atomic E-state index is 0.159. The van der Waals surface area contributed by atoms with Crippen LogP contribution >= 0.6 is 0 Å². The van der Waals surface area contributed by atoms with Crippen LogP contribution in [0, 0.1) is 11.3 Å². The van der Waals surface area contributed by atoms with Gasteiger partial charge < -0.3 is 25.2 Å². The first kappa shape index (κ1) is 22.6. The summed E-state index contributed by atoms with van der Waals surface area (Å²) in [5.41, 5.74) is -0.906. The van der Waals surface area contributed by atoms with Gasteiger partial charge in [-0.25, -0.2) is 14.4 Å². The molecular formula is C17H24O8. The average Bonchev–Trinajstić information content (AvgIpc) is 2.58. The van der Waals surface area contributed by atoms with Crippen molar-refractivity contribution in [3.05, 3.63) is 36.5 Å². The second-order valence-electron chi connectivity index (χ2n) is 5.47. The molecule has 0 bridgehead atoms. The molecule has 0 aliphatic rings. The Morgan fingerprint density at radius 1 is 1.00 bits per heavy atom. The zero-order valence-corrected chi connectivity index (χ0v) is 14.0. The van der Waals surface area contributed by atoms with Gasteiger partial charge in [-0.05, 0) is 18.8 Å². The molecule has 0 heterocycles. The molecule has 0 aromatic carbocycles. The Kier molecular flexibility index (Phi) is 10.8. The molecule has 1 unspecified atom stereocenters. The van der Waals surface area contributed by atoms with Crippen LogP contribution in [-0.4, -0.2) is 58.2 Å². The van der Waals surface area contributed by atoms with E-state index >= 15 is 0 Å². The number of rotatable bonds is 12. The van der Waals surface area contributed by atoms with Gasteiger partial charge in [0.2, 0.25) is 0 Å². The number of hydrogen-bond acceptors (Lipinski definition) is 6. The normalized spacial score (nSPS) is 13.6. The van der Waals surface area contributed by atoms with Gasteiger partial charge in [0.15, 0.2) is 0 Å². The fourth-order valence-electron chi connectivity index (χ4n) is 1.69. The largest absolute Gasteiger partial charge is 0.478 e. The molecular weight excluding hydrogens is 332 g/mol. The zero-order valence-electron chi connectivity index (χ0n) is 14.0. The van der Waals surface area contributed by atoms with Crippen molar-refractivity contribution in [1.82, 2.24) is 0 Å². The quantitative estimate of drug-likeness (QED) is 0.296. The number of hydrogen-bond donors (Lipinski definition) is 4. The van der Waals surface area contributed by atoms with Crippen LogP contribution in [0.3, 0.4) is 0 Å². The Morgan fingerprint density at radius 3 is 2.04 bits per heavy atom. The van der Waals surface area contributed by atoms with Crippen LogP contribution in [0.1, 0.15) is 19.8 Å². The topological polar surface area (TPSA) is 141 Å². The van der Waals surface area contributed by atoms with Crippen molar-refractivity contribution < 1.29 is 39.5 Å². The summed E-state index contributed by atoms with van der Waals surface area (Å²) in [6.07, 6.45) is 7.57. The number of carbonyl (C=O) groups excluding carboxylic acids is 1. The second-order valence-corrected chi connectivity index (χ2v) is 5.47. The fraction of sp³-hybridized carbons (Fsp3) is 0.471. The predicted octanol–water partition coefficient (Wildman–Crippen LogP) is 0.755. The van der Waals surface area contributed by atoms with Crippen LogP contribution < -0.4 is 0 Å². The summed E-state index contributed by atoms with van der Waals surface area (Å²) in [6, 6.07) is 0. The molecule has 0 aromatic heterocycles. The predicted molar refractivity (Wildman–Crippen MR) is 88.7 cm³/mol. The van der Waals surface area contributed by atoms with E-state index in [0.29, 0.717) is 6.42 Å². The summed E-state index contributed by atoms with van der Waals surface area (Å²) < 4.78 is 5.00. The number of aliphatic hydroxyl groups excluding tert-OH is 2. The van der Waals surface area contributed by atoms with Crippen LogP contribution in [0.15, 0.2) is 36.5 Å². The second kappa shape index (κ2) is 12.0. The van der Waals surface area contributed by atoms with Gasteiger partial charge in [-0.3, -0.25) is 0 Å². The molecule has 25 heavy (non-hydrogen) atoms. The van der Waals surface area contributed by atoms with Gasteiger partial charge in [0.05, 0.1) is 18.6 Å². The third-order valence-electron chi connectivity index (χ3n) is 3.58. The zero-order chi connectivity index (χ0) is 19.3. The molecule has 0 aliphatic carbocycles. The van der Waals surface area contributed by atoms with Gasteiger partial charge in [-0.1, -0.05) is 25.2 Å². The Bertz CT molecular complexity index is 521. The molecule has 1 atom stereocenters. The number of esters is 1. The van der Waals surface area contributed by atoms with E-state index in [2.05, 4.69) is 0 Å². The third kappa shape index (κ3) is 10.1. The molecule has 0 fully saturated rings. The summed E-state index contributed by atoms with van der Waals surface area (Å²) in [4.78, 5) is 32.8. The van der Waals surface area contributed by atoms with E-state index in [1.54, 1.807) is 6.92 Å². The first-order valence-corrected chi connectivity index (χ1v) is 7.66. The number of carboxylic acids is 2. The Morgan fingerprint density at radius 2 is 1.56 bits per heavy atom. The maximum absolute atomic E-state index is 11.7. The van der Waals surface area contributed by atoms with Crippen molar-refractivity contribution >= 4 is 17.9 Å². The molecule has 0 saturated heterocycles. The lowest BCUT2D eigenvalue weighted by atomic mass is 9.88. The van der Waals surface area contributed by atoms with E-state index in [-0.39, 0.29) is 26.2 Å². The highest BCUT2D eigenvalue weighted by atomic mass is 16.5. The number of aliphatic carboxylic acids is 2. The molecule has 0 spiro atoms. The summed E-state index contributed by atoms with van der Waals surface area (Å²) >= 11 is 0. The van der Waals surface area contributed by atoms with Crippen molar-refractivity contribution in [1.29, 1.82) is 0 Å². The van der Waals surface area contributed by atoms with E-state index in [1.165, 1.54) is 18.2 Å². The summed E-state index contributed by atoms with van der Waals surface area (Å²) in [5, 5.41) is 35.8. The third-order valence-corrected chi connectivity index (χ3v) is 3.58. The maximum Gasteiger partial charge on any atom is 0.330 e. The molecule has 8 nitrogen and oxygen atoms in total. The van der Waals surface area contributed by atoms with E-state index in [4.69, 9.17) is 14.9 Å². The van der Waals surface area contributed by atoms with E-state index in [1.807, 2.05) is 0 Å². The van der Waals surface area contributed by atoms with Gasteiger partial charge in [-0.2, -0.15) is 0 Å². The number of aliphatic hydroxyl groups is 2. The van der Waals surface area contributed by atoms with Crippen molar-refractivity contribution in [2.75, 3.05) is 19.8 Å². The molecule has 4 N–H and O–H groups in total. The summed E-state index contributed by atoms with van der Waals surface area (Å²) in [7, 11) is 0. The summed E-state index contributed by atoms with van der Waals surface area (Å²) in [5.74, 6) is -3.52. The number of allylic oxidation sites excluding steroid dienone is 3. The lowest BCUT2D eigenvalue weighted by molar-refractivity contribution is -0.144. The molecule has 0 aliphatic heterocycles. The lowest BCUT2D eigenvalue weighted by Gasteiger charge is -2.27. The van der Waals surface area contributed by atoms with Gasteiger partial charge in [0, 0.05) is 18.2 Å². The number of carbonyl (C=O) groups is 3. The van der Waals surface area contributed by atoms with Gasteiger partial charge >= 0.3 is 17.9 Å². The van der Waals surface area contributed by atoms with Crippen LogP contribution in [-0.2, 0) is 19.1 Å². The highest BCUT2D eigenvalue weighted by Crippen LogP contribution is 2.20. The molecule has 8 heteroatoms. The molecule has 0 aromatic rings. The SMILES string of the molecule is CCC(CO)(CO)COC(=O)C=CC(C=CC(=O)O)CC=CC(=O)O. The van der Waals surface area contributed by atoms with Gasteiger partial charge in [0.25, 0.3) is 0 Å². The maximum atomic E-state index is 11.7. The van der Waals surface area contributed by atoms with Crippen molar-refractivity contribution in [3.8, 4) is 0 Å². The number of ether oxygens (including phenoxy) is 1. The minimum Gasteiger partial charge on any atom is -0.478 e. The Hall–Kier alpha value is -2.45. The molecule has 0 radical (unpaired) electrons. The van der Waals surface area contributed by atoms with Crippen molar-refractivity contribution in [2.45, 2.75) is 19.8 Å². The van der Waals surface area contributed by atoms with Crippen LogP contribution in [0.5, 0.6) is 0 Å². The first-order valence-electron chi connectivity index (χ1n) is 7.66. The van der Waals surface area contributed by atoms with Crippen LogP contribution in [0.2, 0.25) is 0 Å². The molecule has 0 saturated carbocycles. The lowest BCUT2D eigenvalue weighted by Crippen LogP contribution is -2.35. The van der Waals surface area contributed by atoms with Crippen molar-refractivity contribution in [2.24, 2.45) is 11.3 Å². The van der Waals surface area contributed by atoms with E-state index < -0.39 is 29.2 Å². The molecule has 140 valence electrons. The van der Waals surface area contributed by atoms with E-state index in [9.17, 15) is 24.6 Å². The van der Waals surface area contributed by atoms with Gasteiger partial charge in [0.1, 0.15) is 6.61 Å². The number of carboxylic acid groups (broad SMARTS) is 2. The van der Waals surface area contributed by atoms with Crippen LogP contribution in [0.4, 0.5) is 0 Å². The molecule has 0 rings (SSSR count). The Balaban J connectivity index is 4.82. The van der Waals surface area contributed by atoms with Crippen molar-refractivity contribution in [3.63, 3.8) is 0 Å². The highest BCUT2D eigenvalue weighted by molar-refractivity contribution is 5.82. The highest BCUT2D eigenvalue weighted by Gasteiger charge is 2.28.